The van der Waals surface area contributed by atoms with E-state index in [-0.39, 0.29) is 30.0 Å². The fourth-order valence-electron chi connectivity index (χ4n) is 3.58. The van der Waals surface area contributed by atoms with Gasteiger partial charge in [0.05, 0.1) is 32.4 Å². The zero-order valence-electron chi connectivity index (χ0n) is 13.9. The smallest absolute Gasteiger partial charge is 0.257 e. The molecule has 1 N–H and O–H groups in total. The van der Waals surface area contributed by atoms with Crippen molar-refractivity contribution in [2.24, 2.45) is 5.92 Å². The molecule has 0 aromatic carbocycles. The van der Waals surface area contributed by atoms with Gasteiger partial charge in [0.1, 0.15) is 5.56 Å². The van der Waals surface area contributed by atoms with Crippen molar-refractivity contribution in [1.29, 1.82) is 0 Å². The third kappa shape index (κ3) is 2.74. The number of hydrogen-bond donors (Lipinski definition) is 1. The molecular weight excluding hydrogens is 298 g/mol. The second-order valence-corrected chi connectivity index (χ2v) is 6.15. The number of nitrogens with one attached hydrogen (secondary N) is 1. The van der Waals surface area contributed by atoms with Crippen LogP contribution in [0, 0.1) is 5.92 Å². The summed E-state index contributed by atoms with van der Waals surface area (Å²) < 4.78 is 16.1. The molecule has 1 saturated carbocycles. The van der Waals surface area contributed by atoms with Gasteiger partial charge < -0.3 is 24.4 Å². The highest BCUT2D eigenvalue weighted by Gasteiger charge is 2.55. The van der Waals surface area contributed by atoms with E-state index in [0.29, 0.717) is 17.4 Å². The van der Waals surface area contributed by atoms with E-state index in [1.54, 1.807) is 12.1 Å². The lowest BCUT2D eigenvalue weighted by Gasteiger charge is -2.50. The highest BCUT2D eigenvalue weighted by molar-refractivity contribution is 5.96. The van der Waals surface area contributed by atoms with E-state index in [4.69, 9.17) is 14.2 Å². The Balaban J connectivity index is 1.76. The molecule has 0 unspecified atom stereocenters. The quantitative estimate of drug-likeness (QED) is 0.854. The number of likely N-dealkylation sites (N-methyl/N-ethyl adjacent to an activating group) is 1. The summed E-state index contributed by atoms with van der Waals surface area (Å²) in [5.74, 6) is 0.877. The van der Waals surface area contributed by atoms with Crippen LogP contribution in [0.2, 0.25) is 0 Å². The minimum atomic E-state index is -0.181. The Morgan fingerprint density at radius 2 is 2.13 bits per heavy atom. The Hall–Kier alpha value is -1.86. The first-order valence-corrected chi connectivity index (χ1v) is 7.74. The predicted molar refractivity (Wildman–Crippen MR) is 83.9 cm³/mol. The lowest BCUT2D eigenvalue weighted by Crippen LogP contribution is -2.69. The number of rotatable bonds is 5. The van der Waals surface area contributed by atoms with Crippen molar-refractivity contribution in [1.82, 2.24) is 15.2 Å². The molecular formula is C16H23N3O4. The van der Waals surface area contributed by atoms with Crippen LogP contribution in [0.1, 0.15) is 16.8 Å². The van der Waals surface area contributed by atoms with Gasteiger partial charge in [-0.15, -0.1) is 0 Å². The average Bonchev–Trinajstić information content (AvgIpc) is 2.94. The maximum absolute atomic E-state index is 12.7. The summed E-state index contributed by atoms with van der Waals surface area (Å²) in [5.41, 5.74) is 0.410. The molecule has 126 valence electrons. The van der Waals surface area contributed by atoms with E-state index in [1.165, 1.54) is 14.2 Å². The van der Waals surface area contributed by atoms with Crippen LogP contribution in [0.15, 0.2) is 12.1 Å². The second-order valence-electron chi connectivity index (χ2n) is 6.15. The van der Waals surface area contributed by atoms with Crippen LogP contribution >= 0.6 is 0 Å². The minimum Gasteiger partial charge on any atom is -0.481 e. The van der Waals surface area contributed by atoms with Gasteiger partial charge in [0, 0.05) is 18.6 Å². The van der Waals surface area contributed by atoms with Crippen molar-refractivity contribution >= 4 is 5.91 Å². The number of nitrogens with zero attached hydrogens (tertiary/aromatic N) is 2. The van der Waals surface area contributed by atoms with Crippen molar-refractivity contribution in [2.45, 2.75) is 24.6 Å². The van der Waals surface area contributed by atoms with E-state index in [9.17, 15) is 4.79 Å². The van der Waals surface area contributed by atoms with Crippen molar-refractivity contribution in [3.8, 4) is 11.8 Å². The predicted octanol–water partition coefficient (Wildman–Crippen LogP) is 0.546. The first-order valence-electron chi connectivity index (χ1n) is 7.74. The fraction of sp³-hybridized carbons (Fsp3) is 0.625. The van der Waals surface area contributed by atoms with Gasteiger partial charge in [-0.2, -0.15) is 4.98 Å². The number of pyridine rings is 1. The fourth-order valence-corrected chi connectivity index (χ4v) is 3.58. The Morgan fingerprint density at radius 3 is 2.78 bits per heavy atom. The molecule has 1 amide bonds. The molecule has 0 radical (unpaired) electrons. The molecule has 1 aromatic heterocycles. The number of hydrogen-bond acceptors (Lipinski definition) is 6. The molecule has 2 heterocycles. The van der Waals surface area contributed by atoms with Crippen molar-refractivity contribution in [3.63, 3.8) is 0 Å². The van der Waals surface area contributed by atoms with E-state index in [1.807, 2.05) is 14.1 Å². The molecule has 2 aliphatic rings. The molecule has 3 rings (SSSR count). The summed E-state index contributed by atoms with van der Waals surface area (Å²) in [7, 11) is 7.04. The molecule has 4 atom stereocenters. The highest BCUT2D eigenvalue weighted by Crippen LogP contribution is 2.41. The molecule has 1 aliphatic carbocycles. The maximum Gasteiger partial charge on any atom is 0.257 e. The van der Waals surface area contributed by atoms with Gasteiger partial charge in [0.25, 0.3) is 5.91 Å². The topological polar surface area (TPSA) is 72.9 Å². The highest BCUT2D eigenvalue weighted by atomic mass is 16.5. The first kappa shape index (κ1) is 16.0. The Morgan fingerprint density at radius 1 is 1.35 bits per heavy atom. The number of carbonyl (C=O) groups excluding carboxylic acids is 1. The van der Waals surface area contributed by atoms with E-state index >= 15 is 0 Å². The summed E-state index contributed by atoms with van der Waals surface area (Å²) in [6, 6.07) is 3.61. The normalized spacial score (nSPS) is 28.9. The van der Waals surface area contributed by atoms with Gasteiger partial charge >= 0.3 is 0 Å². The second kappa shape index (κ2) is 6.33. The maximum atomic E-state index is 12.7. The molecule has 0 spiro atoms. The van der Waals surface area contributed by atoms with Crippen LogP contribution in [0.5, 0.6) is 11.8 Å². The number of amides is 1. The summed E-state index contributed by atoms with van der Waals surface area (Å²) in [5, 5.41) is 3.13. The zero-order chi connectivity index (χ0) is 16.6. The van der Waals surface area contributed by atoms with Crippen LogP contribution in [0.25, 0.3) is 0 Å². The SMILES string of the molecule is COc1ccc(C(=O)N[C@H]2[C@H]3CCO[C@H]3[C@@H]2N(C)C)c(OC)n1. The standard InChI is InChI=1S/C16H23N3O4/c1-19(2)13-12(9-7-8-23-14(9)13)18-15(20)10-5-6-11(21-3)17-16(10)22-4/h5-6,9,12-14H,7-8H2,1-4H3,(H,18,20)/t9-,12+,13-,14-/m1/s1. The number of fused-ring (bicyclic) bond motifs is 1. The van der Waals surface area contributed by atoms with E-state index in [2.05, 4.69) is 15.2 Å². The van der Waals surface area contributed by atoms with Gasteiger partial charge in [0.2, 0.25) is 11.8 Å². The minimum absolute atomic E-state index is 0.0804. The van der Waals surface area contributed by atoms with Gasteiger partial charge in [-0.25, -0.2) is 0 Å². The third-order valence-corrected chi connectivity index (χ3v) is 4.73. The molecule has 0 bridgehead atoms. The summed E-state index contributed by atoms with van der Waals surface area (Å²) >= 11 is 0. The summed E-state index contributed by atoms with van der Waals surface area (Å²) in [6.45, 7) is 0.763. The Kier molecular flexibility index (Phi) is 4.41. The van der Waals surface area contributed by atoms with Gasteiger partial charge in [-0.05, 0) is 26.6 Å². The van der Waals surface area contributed by atoms with Crippen molar-refractivity contribution < 1.29 is 19.0 Å². The molecule has 1 aromatic rings. The average molecular weight is 321 g/mol. The van der Waals surface area contributed by atoms with Gasteiger partial charge in [-0.1, -0.05) is 0 Å². The zero-order valence-corrected chi connectivity index (χ0v) is 13.9. The molecule has 1 saturated heterocycles. The van der Waals surface area contributed by atoms with Crippen LogP contribution in [0.4, 0.5) is 0 Å². The van der Waals surface area contributed by atoms with Gasteiger partial charge in [-0.3, -0.25) is 4.79 Å². The largest absolute Gasteiger partial charge is 0.481 e. The monoisotopic (exact) mass is 321 g/mol. The Labute approximate surface area is 135 Å². The molecule has 2 fully saturated rings. The van der Waals surface area contributed by atoms with E-state index in [0.717, 1.165) is 13.0 Å². The van der Waals surface area contributed by atoms with Crippen LogP contribution < -0.4 is 14.8 Å². The Bertz CT molecular complexity index is 593. The van der Waals surface area contributed by atoms with Crippen molar-refractivity contribution in [2.75, 3.05) is 34.9 Å². The van der Waals surface area contributed by atoms with Crippen LogP contribution in [-0.4, -0.2) is 68.9 Å². The van der Waals surface area contributed by atoms with Crippen molar-refractivity contribution in [3.05, 3.63) is 17.7 Å². The van der Waals surface area contributed by atoms with Gasteiger partial charge in [0.15, 0.2) is 0 Å². The molecule has 7 heteroatoms. The summed E-state index contributed by atoms with van der Waals surface area (Å²) in [4.78, 5) is 18.9. The molecule has 1 aliphatic heterocycles. The van der Waals surface area contributed by atoms with Crippen LogP contribution in [-0.2, 0) is 4.74 Å². The number of carbonyl (C=O) groups is 1. The number of ether oxygens (including phenoxy) is 3. The number of methoxy groups -OCH3 is 2. The first-order chi connectivity index (χ1) is 11.1. The van der Waals surface area contributed by atoms with Crippen LogP contribution in [0.3, 0.4) is 0 Å². The summed E-state index contributed by atoms with van der Waals surface area (Å²) in [6.07, 6.45) is 1.20. The van der Waals surface area contributed by atoms with E-state index < -0.39 is 0 Å². The lowest BCUT2D eigenvalue weighted by atomic mass is 9.71. The lowest BCUT2D eigenvalue weighted by molar-refractivity contribution is -0.0664. The molecule has 23 heavy (non-hydrogen) atoms. The number of aromatic nitrogens is 1. The third-order valence-electron chi connectivity index (χ3n) is 4.73. The molecule has 7 nitrogen and oxygen atoms in total.